The lowest BCUT2D eigenvalue weighted by atomic mass is 10.0. The first-order valence-corrected chi connectivity index (χ1v) is 8.04. The summed E-state index contributed by atoms with van der Waals surface area (Å²) in [6.07, 6.45) is 3.68. The molecule has 2 aromatic carbocycles. The van der Waals surface area contributed by atoms with Crippen LogP contribution in [0.5, 0.6) is 0 Å². The summed E-state index contributed by atoms with van der Waals surface area (Å²) in [7, 11) is 0. The molecule has 0 aliphatic carbocycles. The van der Waals surface area contributed by atoms with E-state index in [-0.39, 0.29) is 11.5 Å². The van der Waals surface area contributed by atoms with Crippen molar-refractivity contribution < 1.29 is 19.1 Å². The van der Waals surface area contributed by atoms with E-state index in [0.717, 1.165) is 16.7 Å². The number of carbonyl (C=O) groups excluding carboxylic acids is 1. The molecule has 1 heterocycles. The van der Waals surface area contributed by atoms with Crippen molar-refractivity contribution in [2.45, 2.75) is 12.5 Å². The number of carboxylic acid groups (broad SMARTS) is 1. The minimum Gasteiger partial charge on any atom is -0.478 e. The summed E-state index contributed by atoms with van der Waals surface area (Å²) in [5, 5.41) is 11.6. The van der Waals surface area contributed by atoms with Crippen LogP contribution in [0.4, 0.5) is 5.69 Å². The van der Waals surface area contributed by atoms with E-state index >= 15 is 0 Å². The number of hydrogen-bond donors (Lipinski definition) is 3. The van der Waals surface area contributed by atoms with Crippen molar-refractivity contribution in [3.8, 4) is 11.1 Å². The van der Waals surface area contributed by atoms with E-state index < -0.39 is 12.0 Å². The SMILES string of the molecule is NC(Cc1ccc(-c2ccoc2)cc1)C(=O)Nc1ccc(C(=O)O)cc1. The van der Waals surface area contributed by atoms with Crippen LogP contribution in [0, 0.1) is 0 Å². The molecule has 0 aliphatic rings. The number of benzene rings is 2. The quantitative estimate of drug-likeness (QED) is 0.633. The van der Waals surface area contributed by atoms with Crippen molar-refractivity contribution in [2.75, 3.05) is 5.32 Å². The molecule has 0 saturated heterocycles. The summed E-state index contributed by atoms with van der Waals surface area (Å²) in [6.45, 7) is 0. The topological polar surface area (TPSA) is 106 Å². The molecule has 3 aromatic rings. The summed E-state index contributed by atoms with van der Waals surface area (Å²) in [4.78, 5) is 23.1. The second kappa shape index (κ2) is 7.67. The van der Waals surface area contributed by atoms with E-state index in [1.165, 1.54) is 24.3 Å². The van der Waals surface area contributed by atoms with Crippen molar-refractivity contribution in [1.29, 1.82) is 0 Å². The fourth-order valence-electron chi connectivity index (χ4n) is 2.54. The van der Waals surface area contributed by atoms with Gasteiger partial charge in [-0.3, -0.25) is 4.79 Å². The lowest BCUT2D eigenvalue weighted by Crippen LogP contribution is -2.37. The predicted octanol–water partition coefficient (Wildman–Crippen LogP) is 3.15. The monoisotopic (exact) mass is 350 g/mol. The van der Waals surface area contributed by atoms with Crippen molar-refractivity contribution >= 4 is 17.6 Å². The molecule has 4 N–H and O–H groups in total. The van der Waals surface area contributed by atoms with Crippen molar-refractivity contribution in [3.63, 3.8) is 0 Å². The first kappa shape index (κ1) is 17.4. The molecule has 0 spiro atoms. The molecule has 1 unspecified atom stereocenters. The van der Waals surface area contributed by atoms with Gasteiger partial charge >= 0.3 is 5.97 Å². The van der Waals surface area contributed by atoms with Crippen molar-refractivity contribution in [2.24, 2.45) is 5.73 Å². The molecule has 132 valence electrons. The molecule has 1 amide bonds. The molecule has 1 atom stereocenters. The van der Waals surface area contributed by atoms with Crippen LogP contribution >= 0.6 is 0 Å². The number of carbonyl (C=O) groups is 2. The Bertz CT molecular complexity index is 885. The summed E-state index contributed by atoms with van der Waals surface area (Å²) < 4.78 is 5.07. The standard InChI is InChI=1S/C20H18N2O4/c21-18(19(23)22-17-7-5-15(6-8-17)20(24)25)11-13-1-3-14(4-2-13)16-9-10-26-12-16/h1-10,12,18H,11,21H2,(H,22,23)(H,24,25). The largest absolute Gasteiger partial charge is 0.478 e. The zero-order valence-corrected chi connectivity index (χ0v) is 13.9. The van der Waals surface area contributed by atoms with Gasteiger partial charge in [0, 0.05) is 11.3 Å². The Balaban J connectivity index is 1.59. The number of rotatable bonds is 6. The Kier molecular flexibility index (Phi) is 5.15. The number of anilines is 1. The normalized spacial score (nSPS) is 11.7. The highest BCUT2D eigenvalue weighted by Gasteiger charge is 2.15. The van der Waals surface area contributed by atoms with Crippen LogP contribution in [0.2, 0.25) is 0 Å². The zero-order chi connectivity index (χ0) is 18.5. The average Bonchev–Trinajstić information content (AvgIpc) is 3.17. The lowest BCUT2D eigenvalue weighted by Gasteiger charge is -2.13. The molecule has 6 nitrogen and oxygen atoms in total. The van der Waals surface area contributed by atoms with E-state index in [4.69, 9.17) is 15.3 Å². The number of aromatic carboxylic acids is 1. The Morgan fingerprint density at radius 3 is 2.27 bits per heavy atom. The van der Waals surface area contributed by atoms with E-state index in [1.807, 2.05) is 30.3 Å². The van der Waals surface area contributed by atoms with Crippen LogP contribution in [0.1, 0.15) is 15.9 Å². The first-order valence-electron chi connectivity index (χ1n) is 8.04. The predicted molar refractivity (Wildman–Crippen MR) is 97.9 cm³/mol. The van der Waals surface area contributed by atoms with Gasteiger partial charge in [0.1, 0.15) is 0 Å². The van der Waals surface area contributed by atoms with Gasteiger partial charge in [0.15, 0.2) is 0 Å². The summed E-state index contributed by atoms with van der Waals surface area (Å²) in [6, 6.07) is 14.9. The Labute approximate surface area is 150 Å². The summed E-state index contributed by atoms with van der Waals surface area (Å²) in [5.74, 6) is -1.34. The Morgan fingerprint density at radius 1 is 1.00 bits per heavy atom. The zero-order valence-electron chi connectivity index (χ0n) is 13.9. The van der Waals surface area contributed by atoms with E-state index in [9.17, 15) is 9.59 Å². The fourth-order valence-corrected chi connectivity index (χ4v) is 2.54. The average molecular weight is 350 g/mol. The molecule has 26 heavy (non-hydrogen) atoms. The molecule has 0 fully saturated rings. The summed E-state index contributed by atoms with van der Waals surface area (Å²) >= 11 is 0. The number of nitrogens with one attached hydrogen (secondary N) is 1. The minimum absolute atomic E-state index is 0.157. The number of amides is 1. The Morgan fingerprint density at radius 2 is 1.69 bits per heavy atom. The smallest absolute Gasteiger partial charge is 0.335 e. The fraction of sp³-hybridized carbons (Fsp3) is 0.100. The second-order valence-electron chi connectivity index (χ2n) is 5.89. The highest BCUT2D eigenvalue weighted by atomic mass is 16.4. The maximum Gasteiger partial charge on any atom is 0.335 e. The third-order valence-corrected chi connectivity index (χ3v) is 4.00. The third-order valence-electron chi connectivity index (χ3n) is 4.00. The van der Waals surface area contributed by atoms with E-state index in [0.29, 0.717) is 12.1 Å². The number of hydrogen-bond acceptors (Lipinski definition) is 4. The highest BCUT2D eigenvalue weighted by Crippen LogP contribution is 2.20. The highest BCUT2D eigenvalue weighted by molar-refractivity contribution is 5.95. The van der Waals surface area contributed by atoms with Crippen LogP contribution in [-0.2, 0) is 11.2 Å². The van der Waals surface area contributed by atoms with E-state index in [1.54, 1.807) is 12.5 Å². The molecule has 3 rings (SSSR count). The first-order chi connectivity index (χ1) is 12.5. The van der Waals surface area contributed by atoms with E-state index in [2.05, 4.69) is 5.32 Å². The summed E-state index contributed by atoms with van der Waals surface area (Å²) in [5.41, 5.74) is 9.61. The molecule has 0 bridgehead atoms. The molecule has 6 heteroatoms. The third kappa shape index (κ3) is 4.17. The van der Waals surface area contributed by atoms with Gasteiger partial charge in [0.25, 0.3) is 0 Å². The van der Waals surface area contributed by atoms with Gasteiger partial charge in [-0.15, -0.1) is 0 Å². The molecule has 0 radical (unpaired) electrons. The van der Waals surface area contributed by atoms with Crippen LogP contribution < -0.4 is 11.1 Å². The van der Waals surface area contributed by atoms with Gasteiger partial charge in [-0.2, -0.15) is 0 Å². The number of nitrogens with two attached hydrogens (primary N) is 1. The van der Waals surface area contributed by atoms with Crippen LogP contribution in [0.25, 0.3) is 11.1 Å². The van der Waals surface area contributed by atoms with Gasteiger partial charge in [-0.25, -0.2) is 4.79 Å². The molecular weight excluding hydrogens is 332 g/mol. The molecular formula is C20H18N2O4. The molecule has 1 aromatic heterocycles. The molecule has 0 saturated carbocycles. The van der Waals surface area contributed by atoms with Crippen LogP contribution in [0.15, 0.2) is 71.5 Å². The Hall–Kier alpha value is -3.38. The minimum atomic E-state index is -1.02. The van der Waals surface area contributed by atoms with Crippen molar-refractivity contribution in [3.05, 3.63) is 78.3 Å². The second-order valence-corrected chi connectivity index (χ2v) is 5.89. The molecule has 0 aliphatic heterocycles. The van der Waals surface area contributed by atoms with Gasteiger partial charge < -0.3 is 20.6 Å². The number of furan rings is 1. The van der Waals surface area contributed by atoms with Crippen LogP contribution in [-0.4, -0.2) is 23.0 Å². The van der Waals surface area contributed by atoms with Crippen LogP contribution in [0.3, 0.4) is 0 Å². The van der Waals surface area contributed by atoms with Gasteiger partial charge in [0.05, 0.1) is 24.1 Å². The van der Waals surface area contributed by atoms with Gasteiger partial charge in [-0.05, 0) is 47.9 Å². The van der Waals surface area contributed by atoms with Gasteiger partial charge in [-0.1, -0.05) is 24.3 Å². The maximum absolute atomic E-state index is 12.2. The van der Waals surface area contributed by atoms with Crippen molar-refractivity contribution in [1.82, 2.24) is 0 Å². The van der Waals surface area contributed by atoms with Gasteiger partial charge in [0.2, 0.25) is 5.91 Å². The number of carboxylic acids is 1. The maximum atomic E-state index is 12.2. The lowest BCUT2D eigenvalue weighted by molar-refractivity contribution is -0.117.